The zero-order chi connectivity index (χ0) is 23.5. The SMILES string of the molecule is CN1C(=O)C2C(SCC(=O)NCc3ccccc3)NC(c3ccccc3F)NC2N(C)C1=O. The number of halogens is 1. The van der Waals surface area contributed by atoms with E-state index in [2.05, 4.69) is 16.0 Å². The number of nitrogens with one attached hydrogen (secondary N) is 3. The van der Waals surface area contributed by atoms with Gasteiger partial charge in [0.2, 0.25) is 11.8 Å². The Bertz CT molecular complexity index is 1040. The molecule has 10 heteroatoms. The third-order valence-electron chi connectivity index (χ3n) is 5.90. The van der Waals surface area contributed by atoms with Crippen LogP contribution in [0.5, 0.6) is 0 Å². The van der Waals surface area contributed by atoms with Crippen LogP contribution < -0.4 is 16.0 Å². The summed E-state index contributed by atoms with van der Waals surface area (Å²) in [7, 11) is 3.04. The molecular formula is C23H26FN5O3S. The highest BCUT2D eigenvalue weighted by Crippen LogP contribution is 2.34. The summed E-state index contributed by atoms with van der Waals surface area (Å²) in [6, 6.07) is 15.5. The predicted octanol–water partition coefficient (Wildman–Crippen LogP) is 1.86. The molecule has 0 radical (unpaired) electrons. The highest BCUT2D eigenvalue weighted by Gasteiger charge is 2.51. The second-order valence-electron chi connectivity index (χ2n) is 8.04. The molecule has 4 unspecified atom stereocenters. The largest absolute Gasteiger partial charge is 0.351 e. The van der Waals surface area contributed by atoms with Crippen LogP contribution in [0.4, 0.5) is 9.18 Å². The minimum atomic E-state index is -0.646. The van der Waals surface area contributed by atoms with Crippen molar-refractivity contribution in [2.24, 2.45) is 5.92 Å². The first-order chi connectivity index (χ1) is 15.9. The van der Waals surface area contributed by atoms with E-state index in [1.807, 2.05) is 30.3 Å². The van der Waals surface area contributed by atoms with Gasteiger partial charge < -0.3 is 10.2 Å². The molecule has 2 aromatic rings. The van der Waals surface area contributed by atoms with Gasteiger partial charge in [-0.05, 0) is 11.6 Å². The smallest absolute Gasteiger partial charge is 0.327 e. The molecule has 0 saturated carbocycles. The van der Waals surface area contributed by atoms with E-state index in [4.69, 9.17) is 0 Å². The molecule has 2 aliphatic heterocycles. The number of imide groups is 1. The molecular weight excluding hydrogens is 445 g/mol. The molecule has 0 bridgehead atoms. The normalized spacial score (nSPS) is 25.1. The summed E-state index contributed by atoms with van der Waals surface area (Å²) in [5.41, 5.74) is 1.36. The van der Waals surface area contributed by atoms with Gasteiger partial charge in [0, 0.05) is 26.2 Å². The Kier molecular flexibility index (Phi) is 6.96. The number of benzene rings is 2. The van der Waals surface area contributed by atoms with Gasteiger partial charge in [-0.15, -0.1) is 11.8 Å². The highest BCUT2D eigenvalue weighted by molar-refractivity contribution is 8.00. The second kappa shape index (κ2) is 9.90. The van der Waals surface area contributed by atoms with Crippen LogP contribution in [0.25, 0.3) is 0 Å². The van der Waals surface area contributed by atoms with Gasteiger partial charge in [-0.2, -0.15) is 0 Å². The van der Waals surface area contributed by atoms with Crippen LogP contribution in [-0.2, 0) is 16.1 Å². The fourth-order valence-corrected chi connectivity index (χ4v) is 5.24. The summed E-state index contributed by atoms with van der Waals surface area (Å²) in [6.45, 7) is 0.405. The number of amides is 4. The number of carbonyl (C=O) groups excluding carboxylic acids is 3. The molecule has 8 nitrogen and oxygen atoms in total. The fraction of sp³-hybridized carbons (Fsp3) is 0.348. The maximum atomic E-state index is 14.5. The summed E-state index contributed by atoms with van der Waals surface area (Å²) >= 11 is 1.27. The lowest BCUT2D eigenvalue weighted by molar-refractivity contribution is -0.140. The lowest BCUT2D eigenvalue weighted by atomic mass is 9.96. The van der Waals surface area contributed by atoms with Crippen molar-refractivity contribution < 1.29 is 18.8 Å². The molecule has 2 heterocycles. The summed E-state index contributed by atoms with van der Waals surface area (Å²) in [5, 5.41) is 8.83. The molecule has 2 fully saturated rings. The number of carbonyl (C=O) groups is 3. The Morgan fingerprint density at radius 2 is 1.76 bits per heavy atom. The number of fused-ring (bicyclic) bond motifs is 1. The molecule has 2 saturated heterocycles. The van der Waals surface area contributed by atoms with E-state index in [0.29, 0.717) is 12.1 Å². The first kappa shape index (κ1) is 23.2. The van der Waals surface area contributed by atoms with Gasteiger partial charge in [-0.1, -0.05) is 48.5 Å². The van der Waals surface area contributed by atoms with Crippen molar-refractivity contribution >= 4 is 29.6 Å². The van der Waals surface area contributed by atoms with Crippen LogP contribution in [0.2, 0.25) is 0 Å². The highest BCUT2D eigenvalue weighted by atomic mass is 32.2. The van der Waals surface area contributed by atoms with E-state index in [1.54, 1.807) is 25.2 Å². The topological polar surface area (TPSA) is 93.8 Å². The van der Waals surface area contributed by atoms with Crippen molar-refractivity contribution in [1.29, 1.82) is 0 Å². The first-order valence-electron chi connectivity index (χ1n) is 10.6. The van der Waals surface area contributed by atoms with E-state index in [9.17, 15) is 18.8 Å². The maximum absolute atomic E-state index is 14.5. The van der Waals surface area contributed by atoms with Crippen LogP contribution in [0.15, 0.2) is 54.6 Å². The number of rotatable bonds is 6. The Hall–Kier alpha value is -2.95. The Balaban J connectivity index is 1.50. The average molecular weight is 472 g/mol. The van der Waals surface area contributed by atoms with Crippen molar-refractivity contribution in [3.8, 4) is 0 Å². The second-order valence-corrected chi connectivity index (χ2v) is 9.17. The van der Waals surface area contributed by atoms with E-state index < -0.39 is 35.5 Å². The van der Waals surface area contributed by atoms with Crippen molar-refractivity contribution in [3.05, 3.63) is 71.5 Å². The average Bonchev–Trinajstić information content (AvgIpc) is 2.84. The zero-order valence-electron chi connectivity index (χ0n) is 18.3. The number of hydrogen-bond acceptors (Lipinski definition) is 6. The Morgan fingerprint density at radius 1 is 1.06 bits per heavy atom. The molecule has 33 heavy (non-hydrogen) atoms. The first-order valence-corrected chi connectivity index (χ1v) is 11.6. The third kappa shape index (κ3) is 4.87. The molecule has 0 aliphatic carbocycles. The van der Waals surface area contributed by atoms with Crippen molar-refractivity contribution in [3.63, 3.8) is 0 Å². The third-order valence-corrected chi connectivity index (χ3v) is 7.12. The lowest BCUT2D eigenvalue weighted by Crippen LogP contribution is -2.72. The summed E-state index contributed by atoms with van der Waals surface area (Å²) in [6.07, 6.45) is -1.28. The van der Waals surface area contributed by atoms with Crippen molar-refractivity contribution in [1.82, 2.24) is 25.8 Å². The van der Waals surface area contributed by atoms with Crippen LogP contribution in [0.1, 0.15) is 17.3 Å². The van der Waals surface area contributed by atoms with Gasteiger partial charge in [0.25, 0.3) is 0 Å². The molecule has 4 atom stereocenters. The van der Waals surface area contributed by atoms with E-state index in [0.717, 1.165) is 10.5 Å². The van der Waals surface area contributed by atoms with Gasteiger partial charge >= 0.3 is 6.03 Å². The Labute approximate surface area is 195 Å². The molecule has 0 aromatic heterocycles. The van der Waals surface area contributed by atoms with Gasteiger partial charge in [-0.3, -0.25) is 25.1 Å². The molecule has 0 spiro atoms. The van der Waals surface area contributed by atoms with Gasteiger partial charge in [0.05, 0.1) is 29.4 Å². The van der Waals surface area contributed by atoms with Crippen LogP contribution >= 0.6 is 11.8 Å². The monoisotopic (exact) mass is 471 g/mol. The zero-order valence-corrected chi connectivity index (χ0v) is 19.1. The predicted molar refractivity (Wildman–Crippen MR) is 123 cm³/mol. The summed E-state index contributed by atoms with van der Waals surface area (Å²) < 4.78 is 14.5. The van der Waals surface area contributed by atoms with E-state index >= 15 is 0 Å². The molecule has 2 aromatic carbocycles. The molecule has 4 rings (SSSR count). The summed E-state index contributed by atoms with van der Waals surface area (Å²) in [5.74, 6) is -1.47. The standard InChI is InChI=1S/C23H26FN5O3S/c1-28-20-18(22(31)29(2)23(28)32)21(27-19(26-20)15-10-6-7-11-16(15)24)33-13-17(30)25-12-14-8-4-3-5-9-14/h3-11,18-21,26-27H,12-13H2,1-2H3,(H,25,30). The van der Waals surface area contributed by atoms with E-state index in [-0.39, 0.29) is 17.6 Å². The Morgan fingerprint density at radius 3 is 2.48 bits per heavy atom. The maximum Gasteiger partial charge on any atom is 0.327 e. The quantitative estimate of drug-likeness (QED) is 0.596. The molecule has 2 aliphatic rings. The lowest BCUT2D eigenvalue weighted by Gasteiger charge is -2.50. The van der Waals surface area contributed by atoms with Gasteiger partial charge in [-0.25, -0.2) is 9.18 Å². The molecule has 174 valence electrons. The van der Waals surface area contributed by atoms with Crippen LogP contribution in [0, 0.1) is 11.7 Å². The van der Waals surface area contributed by atoms with Gasteiger partial charge in [0.15, 0.2) is 0 Å². The van der Waals surface area contributed by atoms with Crippen molar-refractivity contribution in [2.75, 3.05) is 19.8 Å². The number of urea groups is 1. The minimum absolute atomic E-state index is 0.104. The van der Waals surface area contributed by atoms with Gasteiger partial charge in [0.1, 0.15) is 5.82 Å². The number of thioether (sulfide) groups is 1. The number of nitrogens with zero attached hydrogens (tertiary/aromatic N) is 2. The molecule has 3 N–H and O–H groups in total. The summed E-state index contributed by atoms with van der Waals surface area (Å²) in [4.78, 5) is 40.5. The van der Waals surface area contributed by atoms with Crippen molar-refractivity contribution in [2.45, 2.75) is 24.3 Å². The molecule has 4 amide bonds. The minimum Gasteiger partial charge on any atom is -0.351 e. The number of hydrogen-bond donors (Lipinski definition) is 3. The van der Waals surface area contributed by atoms with Crippen LogP contribution in [0.3, 0.4) is 0 Å². The van der Waals surface area contributed by atoms with E-state index in [1.165, 1.54) is 29.8 Å². The fourth-order valence-electron chi connectivity index (χ4n) is 4.10. The van der Waals surface area contributed by atoms with Crippen LogP contribution in [-0.4, -0.2) is 59.0 Å².